The lowest BCUT2D eigenvalue weighted by Crippen LogP contribution is -2.40. The summed E-state index contributed by atoms with van der Waals surface area (Å²) < 4.78 is 0. The van der Waals surface area contributed by atoms with Crippen LogP contribution >= 0.6 is 0 Å². The fourth-order valence-electron chi connectivity index (χ4n) is 3.33. The van der Waals surface area contributed by atoms with Crippen LogP contribution in [0.15, 0.2) is 30.3 Å². The van der Waals surface area contributed by atoms with E-state index in [9.17, 15) is 9.90 Å². The van der Waals surface area contributed by atoms with Crippen molar-refractivity contribution in [2.24, 2.45) is 5.92 Å². The number of carbonyl (C=O) groups is 1. The Morgan fingerprint density at radius 1 is 1.19 bits per heavy atom. The molecule has 2 aliphatic carbocycles. The van der Waals surface area contributed by atoms with Gasteiger partial charge in [0.05, 0.1) is 6.10 Å². The van der Waals surface area contributed by atoms with E-state index in [2.05, 4.69) is 22.8 Å². The number of hydrogen-bond acceptors (Lipinski definition) is 2. The first-order valence-corrected chi connectivity index (χ1v) is 7.99. The van der Waals surface area contributed by atoms with Gasteiger partial charge in [-0.1, -0.05) is 36.8 Å². The molecule has 2 amide bonds. The Balaban J connectivity index is 1.38. The van der Waals surface area contributed by atoms with Crippen molar-refractivity contribution >= 4 is 6.03 Å². The molecule has 3 rings (SSSR count). The highest BCUT2D eigenvalue weighted by Crippen LogP contribution is 2.40. The van der Waals surface area contributed by atoms with E-state index in [0.717, 1.165) is 32.1 Å². The molecule has 0 saturated heterocycles. The molecular formula is C17H24N2O2. The van der Waals surface area contributed by atoms with Gasteiger partial charge in [-0.3, -0.25) is 0 Å². The molecule has 114 valence electrons. The van der Waals surface area contributed by atoms with Gasteiger partial charge in [-0.25, -0.2) is 4.79 Å². The van der Waals surface area contributed by atoms with Crippen LogP contribution in [0.5, 0.6) is 0 Å². The minimum absolute atomic E-state index is 0.0708. The Bertz CT molecular complexity index is 477. The van der Waals surface area contributed by atoms with Gasteiger partial charge in [0.15, 0.2) is 0 Å². The van der Waals surface area contributed by atoms with E-state index in [0.29, 0.717) is 18.4 Å². The Kier molecular flexibility index (Phi) is 4.44. The number of aliphatic hydroxyl groups excluding tert-OH is 1. The third-order valence-corrected chi connectivity index (χ3v) is 4.64. The predicted octanol–water partition coefficient (Wildman–Crippen LogP) is 2.39. The van der Waals surface area contributed by atoms with Crippen LogP contribution in [-0.2, 0) is 0 Å². The predicted molar refractivity (Wildman–Crippen MR) is 82.1 cm³/mol. The molecule has 0 aliphatic heterocycles. The van der Waals surface area contributed by atoms with E-state index in [4.69, 9.17) is 0 Å². The molecule has 0 radical (unpaired) electrons. The van der Waals surface area contributed by atoms with Crippen LogP contribution in [0.4, 0.5) is 4.79 Å². The number of urea groups is 1. The van der Waals surface area contributed by atoms with Crippen LogP contribution in [0.1, 0.15) is 43.6 Å². The topological polar surface area (TPSA) is 61.4 Å². The molecule has 3 N–H and O–H groups in total. The molecule has 2 fully saturated rings. The van der Waals surface area contributed by atoms with E-state index in [-0.39, 0.29) is 18.2 Å². The zero-order chi connectivity index (χ0) is 14.7. The van der Waals surface area contributed by atoms with Crippen molar-refractivity contribution in [1.29, 1.82) is 0 Å². The molecule has 0 spiro atoms. The lowest BCUT2D eigenvalue weighted by atomic mass is 9.87. The Morgan fingerprint density at radius 2 is 2.00 bits per heavy atom. The highest BCUT2D eigenvalue weighted by molar-refractivity contribution is 5.74. The van der Waals surface area contributed by atoms with Gasteiger partial charge in [-0.15, -0.1) is 0 Å². The molecule has 0 heterocycles. The molecule has 1 aromatic carbocycles. The van der Waals surface area contributed by atoms with Crippen molar-refractivity contribution < 1.29 is 9.90 Å². The van der Waals surface area contributed by atoms with E-state index in [1.807, 2.05) is 18.2 Å². The molecule has 2 aliphatic rings. The number of benzene rings is 1. The van der Waals surface area contributed by atoms with Gasteiger partial charge < -0.3 is 15.7 Å². The molecule has 2 saturated carbocycles. The van der Waals surface area contributed by atoms with Crippen molar-refractivity contribution in [3.63, 3.8) is 0 Å². The fraction of sp³-hybridized carbons (Fsp3) is 0.588. The first kappa shape index (κ1) is 14.4. The van der Waals surface area contributed by atoms with E-state index in [1.165, 1.54) is 5.56 Å². The molecule has 21 heavy (non-hydrogen) atoms. The summed E-state index contributed by atoms with van der Waals surface area (Å²) in [5, 5.41) is 15.6. The van der Waals surface area contributed by atoms with Gasteiger partial charge in [0.1, 0.15) is 0 Å². The first-order valence-electron chi connectivity index (χ1n) is 7.99. The number of rotatable bonds is 4. The lowest BCUT2D eigenvalue weighted by Gasteiger charge is -2.25. The third kappa shape index (κ3) is 3.97. The average molecular weight is 288 g/mol. The quantitative estimate of drug-likeness (QED) is 0.796. The molecule has 4 atom stereocenters. The van der Waals surface area contributed by atoms with Crippen LogP contribution in [-0.4, -0.2) is 29.8 Å². The second-order valence-electron chi connectivity index (χ2n) is 6.40. The van der Waals surface area contributed by atoms with Gasteiger partial charge in [-0.2, -0.15) is 0 Å². The maximum Gasteiger partial charge on any atom is 0.315 e. The summed E-state index contributed by atoms with van der Waals surface area (Å²) in [6.45, 7) is 0.672. The summed E-state index contributed by atoms with van der Waals surface area (Å²) in [6.07, 6.45) is 4.74. The molecular weight excluding hydrogens is 264 g/mol. The fourth-order valence-corrected chi connectivity index (χ4v) is 3.33. The maximum absolute atomic E-state index is 11.9. The van der Waals surface area contributed by atoms with Crippen molar-refractivity contribution in [1.82, 2.24) is 10.6 Å². The van der Waals surface area contributed by atoms with Gasteiger partial charge in [0, 0.05) is 18.5 Å². The minimum Gasteiger partial charge on any atom is -0.393 e. The van der Waals surface area contributed by atoms with Gasteiger partial charge in [0.2, 0.25) is 0 Å². The second-order valence-corrected chi connectivity index (χ2v) is 6.40. The molecule has 0 bridgehead atoms. The van der Waals surface area contributed by atoms with Crippen LogP contribution in [0, 0.1) is 5.92 Å². The summed E-state index contributed by atoms with van der Waals surface area (Å²) in [6, 6.07) is 10.5. The monoisotopic (exact) mass is 288 g/mol. The normalized spacial score (nSPS) is 31.5. The zero-order valence-electron chi connectivity index (χ0n) is 12.3. The SMILES string of the molecule is O=C(NCC1CCCC(O)C1)NC1CC1c1ccccc1. The summed E-state index contributed by atoms with van der Waals surface area (Å²) in [5.74, 6) is 0.886. The number of aliphatic hydroxyl groups is 1. The van der Waals surface area contributed by atoms with E-state index in [1.54, 1.807) is 0 Å². The standard InChI is InChI=1S/C17H24N2O2/c20-14-8-4-5-12(9-14)11-18-17(21)19-16-10-15(16)13-6-2-1-3-7-13/h1-3,6-7,12,14-16,20H,4-5,8-11H2,(H2,18,19,21). The number of nitrogens with one attached hydrogen (secondary N) is 2. The highest BCUT2D eigenvalue weighted by Gasteiger charge is 2.39. The van der Waals surface area contributed by atoms with Crippen molar-refractivity contribution in [3.05, 3.63) is 35.9 Å². The summed E-state index contributed by atoms with van der Waals surface area (Å²) in [4.78, 5) is 11.9. The lowest BCUT2D eigenvalue weighted by molar-refractivity contribution is 0.101. The Morgan fingerprint density at radius 3 is 2.76 bits per heavy atom. The van der Waals surface area contributed by atoms with Crippen LogP contribution in [0.25, 0.3) is 0 Å². The Labute approximate surface area is 125 Å². The smallest absolute Gasteiger partial charge is 0.315 e. The van der Waals surface area contributed by atoms with Crippen molar-refractivity contribution in [2.75, 3.05) is 6.54 Å². The minimum atomic E-state index is -0.181. The largest absolute Gasteiger partial charge is 0.393 e. The molecule has 4 heteroatoms. The summed E-state index contributed by atoms with van der Waals surface area (Å²) in [5.41, 5.74) is 1.30. The Hall–Kier alpha value is -1.55. The van der Waals surface area contributed by atoms with Gasteiger partial charge >= 0.3 is 6.03 Å². The second kappa shape index (κ2) is 6.48. The molecule has 1 aromatic rings. The summed E-state index contributed by atoms with van der Waals surface area (Å²) in [7, 11) is 0. The molecule has 4 nitrogen and oxygen atoms in total. The van der Waals surface area contributed by atoms with Crippen LogP contribution in [0.2, 0.25) is 0 Å². The van der Waals surface area contributed by atoms with E-state index >= 15 is 0 Å². The summed E-state index contributed by atoms with van der Waals surface area (Å²) >= 11 is 0. The van der Waals surface area contributed by atoms with Crippen LogP contribution < -0.4 is 10.6 Å². The first-order chi connectivity index (χ1) is 10.2. The highest BCUT2D eigenvalue weighted by atomic mass is 16.3. The number of amides is 2. The zero-order valence-corrected chi connectivity index (χ0v) is 12.3. The molecule has 0 aromatic heterocycles. The van der Waals surface area contributed by atoms with Crippen molar-refractivity contribution in [2.45, 2.75) is 50.2 Å². The van der Waals surface area contributed by atoms with Crippen LogP contribution in [0.3, 0.4) is 0 Å². The average Bonchev–Trinajstić information content (AvgIpc) is 3.25. The maximum atomic E-state index is 11.9. The van der Waals surface area contributed by atoms with Gasteiger partial charge in [-0.05, 0) is 37.2 Å². The molecule has 4 unspecified atom stereocenters. The van der Waals surface area contributed by atoms with E-state index < -0.39 is 0 Å². The van der Waals surface area contributed by atoms with Crippen molar-refractivity contribution in [3.8, 4) is 0 Å². The van der Waals surface area contributed by atoms with Gasteiger partial charge in [0.25, 0.3) is 0 Å². The number of hydrogen-bond donors (Lipinski definition) is 3. The number of carbonyl (C=O) groups excluding carboxylic acids is 1. The third-order valence-electron chi connectivity index (χ3n) is 4.64.